The smallest absolute Gasteiger partial charge is 0.233 e. The highest BCUT2D eigenvalue weighted by molar-refractivity contribution is 7.80. The summed E-state index contributed by atoms with van der Waals surface area (Å²) in [4.78, 5) is 14.1. The Hall–Kier alpha value is -0.640. The highest BCUT2D eigenvalue weighted by Gasteiger charge is 2.40. The number of carbonyl (C=O) groups is 1. The van der Waals surface area contributed by atoms with Gasteiger partial charge < -0.3 is 5.32 Å². The topological polar surface area (TPSA) is 32.3 Å². The summed E-state index contributed by atoms with van der Waals surface area (Å²) in [6.45, 7) is 4.97. The number of hydrogen-bond acceptors (Lipinski definition) is 2. The number of amides is 1. The Kier molecular flexibility index (Phi) is 3.47. The van der Waals surface area contributed by atoms with Gasteiger partial charge in [-0.15, -0.1) is 0 Å². The van der Waals surface area contributed by atoms with E-state index in [0.29, 0.717) is 17.1 Å². The van der Waals surface area contributed by atoms with Crippen molar-refractivity contribution in [1.29, 1.82) is 0 Å². The second-order valence-corrected chi connectivity index (χ2v) is 5.68. The minimum Gasteiger partial charge on any atom is -0.359 e. The highest BCUT2D eigenvalue weighted by Crippen LogP contribution is 2.29. The van der Waals surface area contributed by atoms with Crippen LogP contribution in [-0.4, -0.2) is 28.5 Å². The molecule has 16 heavy (non-hydrogen) atoms. The average molecular weight is 240 g/mol. The van der Waals surface area contributed by atoms with E-state index in [2.05, 4.69) is 19.2 Å². The van der Waals surface area contributed by atoms with Crippen molar-refractivity contribution in [2.75, 3.05) is 6.54 Å². The van der Waals surface area contributed by atoms with E-state index in [0.717, 1.165) is 19.4 Å². The molecule has 2 atom stereocenters. The fourth-order valence-corrected chi connectivity index (χ4v) is 2.99. The zero-order valence-electron chi connectivity index (χ0n) is 10.0. The number of rotatable bonds is 2. The predicted molar refractivity (Wildman–Crippen MR) is 68.0 cm³/mol. The molecule has 90 valence electrons. The molecule has 2 aliphatic rings. The van der Waals surface area contributed by atoms with Gasteiger partial charge in [0.15, 0.2) is 5.11 Å². The molecule has 1 saturated carbocycles. The van der Waals surface area contributed by atoms with E-state index in [9.17, 15) is 4.79 Å². The van der Waals surface area contributed by atoms with Crippen LogP contribution >= 0.6 is 12.2 Å². The maximum absolute atomic E-state index is 12.3. The molecule has 1 aliphatic carbocycles. The molecular formula is C12H20N2OS. The van der Waals surface area contributed by atoms with Crippen molar-refractivity contribution in [1.82, 2.24) is 10.2 Å². The zero-order valence-corrected chi connectivity index (χ0v) is 10.8. The van der Waals surface area contributed by atoms with Gasteiger partial charge in [0, 0.05) is 12.6 Å². The fourth-order valence-electron chi connectivity index (χ4n) is 2.67. The van der Waals surface area contributed by atoms with E-state index < -0.39 is 0 Å². The summed E-state index contributed by atoms with van der Waals surface area (Å²) >= 11 is 5.28. The summed E-state index contributed by atoms with van der Waals surface area (Å²) < 4.78 is 0. The van der Waals surface area contributed by atoms with E-state index in [1.165, 1.54) is 12.8 Å². The molecule has 4 heteroatoms. The van der Waals surface area contributed by atoms with Crippen molar-refractivity contribution < 1.29 is 4.79 Å². The summed E-state index contributed by atoms with van der Waals surface area (Å²) in [5.74, 6) is 0.880. The van der Waals surface area contributed by atoms with Crippen LogP contribution in [0.3, 0.4) is 0 Å². The van der Waals surface area contributed by atoms with Crippen LogP contribution < -0.4 is 5.32 Å². The molecule has 1 aliphatic heterocycles. The number of carbonyl (C=O) groups excluding carboxylic acids is 1. The lowest BCUT2D eigenvalue weighted by atomic mass is 9.82. The Labute approximate surface area is 103 Å². The second-order valence-electron chi connectivity index (χ2n) is 5.29. The largest absolute Gasteiger partial charge is 0.359 e. The molecule has 0 aromatic heterocycles. The van der Waals surface area contributed by atoms with Crippen molar-refractivity contribution in [3.05, 3.63) is 0 Å². The van der Waals surface area contributed by atoms with Crippen LogP contribution in [0, 0.1) is 11.8 Å². The Morgan fingerprint density at radius 2 is 2.12 bits per heavy atom. The number of nitrogens with zero attached hydrogens (tertiary/aromatic N) is 1. The Bertz CT molecular complexity index is 303. The van der Waals surface area contributed by atoms with E-state index in [1.807, 2.05) is 0 Å². The molecule has 2 rings (SSSR count). The molecule has 2 fully saturated rings. The summed E-state index contributed by atoms with van der Waals surface area (Å²) in [5.41, 5.74) is 0. The summed E-state index contributed by atoms with van der Waals surface area (Å²) in [5, 5.41) is 3.98. The molecule has 1 saturated heterocycles. The normalized spacial score (nSPS) is 30.3. The summed E-state index contributed by atoms with van der Waals surface area (Å²) in [6.07, 6.45) is 4.50. The van der Waals surface area contributed by atoms with Crippen molar-refractivity contribution in [3.8, 4) is 0 Å². The van der Waals surface area contributed by atoms with E-state index >= 15 is 0 Å². The second kappa shape index (κ2) is 4.70. The molecule has 0 radical (unpaired) electrons. The van der Waals surface area contributed by atoms with Gasteiger partial charge in [0.1, 0.15) is 0 Å². The van der Waals surface area contributed by atoms with Crippen molar-refractivity contribution in [2.45, 2.75) is 45.6 Å². The first-order valence-corrected chi connectivity index (χ1v) is 6.62. The molecule has 3 nitrogen and oxygen atoms in total. The van der Waals surface area contributed by atoms with Gasteiger partial charge in [-0.05, 0) is 31.0 Å². The van der Waals surface area contributed by atoms with Gasteiger partial charge in [0.25, 0.3) is 0 Å². The van der Waals surface area contributed by atoms with E-state index in [-0.39, 0.29) is 11.8 Å². The van der Waals surface area contributed by atoms with Crippen LogP contribution in [0.5, 0.6) is 0 Å². The lowest BCUT2D eigenvalue weighted by molar-refractivity contribution is -0.135. The lowest BCUT2D eigenvalue weighted by Crippen LogP contribution is -2.61. The van der Waals surface area contributed by atoms with Gasteiger partial charge in [0.2, 0.25) is 5.91 Å². The third kappa shape index (κ3) is 2.21. The van der Waals surface area contributed by atoms with Gasteiger partial charge in [-0.3, -0.25) is 9.69 Å². The van der Waals surface area contributed by atoms with Crippen molar-refractivity contribution in [2.24, 2.45) is 11.8 Å². The first kappa shape index (κ1) is 11.8. The average Bonchev–Trinajstić information content (AvgIpc) is 2.24. The lowest BCUT2D eigenvalue weighted by Gasteiger charge is -2.42. The first-order valence-electron chi connectivity index (χ1n) is 6.21. The molecule has 0 aromatic rings. The van der Waals surface area contributed by atoms with Gasteiger partial charge >= 0.3 is 0 Å². The summed E-state index contributed by atoms with van der Waals surface area (Å²) in [7, 11) is 0. The Balaban J connectivity index is 2.10. The molecular weight excluding hydrogens is 220 g/mol. The highest BCUT2D eigenvalue weighted by atomic mass is 32.1. The molecule has 0 aromatic carbocycles. The molecule has 1 amide bonds. The Morgan fingerprint density at radius 3 is 2.81 bits per heavy atom. The van der Waals surface area contributed by atoms with Crippen molar-refractivity contribution >= 4 is 23.2 Å². The monoisotopic (exact) mass is 240 g/mol. The van der Waals surface area contributed by atoms with Crippen LogP contribution in [0.1, 0.15) is 39.5 Å². The van der Waals surface area contributed by atoms with Gasteiger partial charge in [0.05, 0.1) is 5.92 Å². The van der Waals surface area contributed by atoms with Crippen LogP contribution in [0.25, 0.3) is 0 Å². The van der Waals surface area contributed by atoms with Gasteiger partial charge in [-0.2, -0.15) is 0 Å². The maximum Gasteiger partial charge on any atom is 0.233 e. The van der Waals surface area contributed by atoms with Crippen molar-refractivity contribution in [3.63, 3.8) is 0 Å². The van der Waals surface area contributed by atoms with E-state index in [4.69, 9.17) is 12.2 Å². The molecule has 0 spiro atoms. The standard InChI is InChI=1S/C12H20N2OS/c1-8(2)7-14-11(15)9-5-3-4-6-10(9)13-12(14)16/h8-10H,3-7H2,1-2H3,(H,13,16). The number of thiocarbonyl (C=S) groups is 1. The third-order valence-corrected chi connectivity index (χ3v) is 3.79. The van der Waals surface area contributed by atoms with Crippen LogP contribution in [0.2, 0.25) is 0 Å². The molecule has 1 heterocycles. The van der Waals surface area contributed by atoms with Crippen LogP contribution in [0.4, 0.5) is 0 Å². The first-order chi connectivity index (χ1) is 7.59. The number of nitrogens with one attached hydrogen (secondary N) is 1. The number of fused-ring (bicyclic) bond motifs is 1. The SMILES string of the molecule is CC(C)CN1C(=O)C2CCCCC2NC1=S. The van der Waals surface area contributed by atoms with Crippen LogP contribution in [-0.2, 0) is 4.79 Å². The molecule has 1 N–H and O–H groups in total. The van der Waals surface area contributed by atoms with Gasteiger partial charge in [-0.25, -0.2) is 0 Å². The van der Waals surface area contributed by atoms with E-state index in [1.54, 1.807) is 4.90 Å². The minimum atomic E-state index is 0.166. The molecule has 0 bridgehead atoms. The van der Waals surface area contributed by atoms with Crippen LogP contribution in [0.15, 0.2) is 0 Å². The Morgan fingerprint density at radius 1 is 1.44 bits per heavy atom. The summed E-state index contributed by atoms with van der Waals surface area (Å²) in [6, 6.07) is 0.303. The number of hydrogen-bond donors (Lipinski definition) is 1. The fraction of sp³-hybridized carbons (Fsp3) is 0.833. The molecule has 2 unspecified atom stereocenters. The zero-order chi connectivity index (χ0) is 11.7. The van der Waals surface area contributed by atoms with Gasteiger partial charge in [-0.1, -0.05) is 26.7 Å². The third-order valence-electron chi connectivity index (χ3n) is 3.45. The minimum absolute atomic E-state index is 0.166. The predicted octanol–water partition coefficient (Wildman–Crippen LogP) is 1.92. The quantitative estimate of drug-likeness (QED) is 0.748. The maximum atomic E-state index is 12.3.